The van der Waals surface area contributed by atoms with Crippen LogP contribution >= 0.6 is 0 Å². The molecule has 3 aromatic heterocycles. The maximum absolute atomic E-state index is 14.0. The summed E-state index contributed by atoms with van der Waals surface area (Å²) in [4.78, 5) is 20.1. The Morgan fingerprint density at radius 2 is 1.85 bits per heavy atom. The molecule has 6 rings (SSSR count). The van der Waals surface area contributed by atoms with Crippen molar-refractivity contribution >= 4 is 16.9 Å². The van der Waals surface area contributed by atoms with Crippen molar-refractivity contribution in [2.24, 2.45) is 14.1 Å². The number of aryl methyl sites for hydroxylation is 2. The van der Waals surface area contributed by atoms with Gasteiger partial charge in [-0.2, -0.15) is 10.2 Å². The molecule has 34 heavy (non-hydrogen) atoms. The van der Waals surface area contributed by atoms with Gasteiger partial charge in [0.05, 0.1) is 34.6 Å². The molecule has 7 nitrogen and oxygen atoms in total. The second-order valence-corrected chi connectivity index (χ2v) is 8.97. The molecule has 1 aromatic carbocycles. The molecule has 0 radical (unpaired) electrons. The molecule has 1 fully saturated rings. The number of amides is 1. The van der Waals surface area contributed by atoms with E-state index in [0.717, 1.165) is 42.7 Å². The number of piperidine rings is 1. The van der Waals surface area contributed by atoms with Gasteiger partial charge in [-0.15, -0.1) is 0 Å². The highest BCUT2D eigenvalue weighted by molar-refractivity contribution is 6.05. The van der Waals surface area contributed by atoms with Crippen LogP contribution in [0.25, 0.3) is 22.3 Å². The van der Waals surface area contributed by atoms with E-state index in [9.17, 15) is 18.0 Å². The lowest BCUT2D eigenvalue weighted by Gasteiger charge is -2.45. The molecule has 2 aliphatic heterocycles. The summed E-state index contributed by atoms with van der Waals surface area (Å²) in [7, 11) is 3.48. The minimum Gasteiger partial charge on any atom is -0.327 e. The third-order valence-corrected chi connectivity index (χ3v) is 7.03. The molecule has 1 saturated heterocycles. The van der Waals surface area contributed by atoms with Gasteiger partial charge in [0.2, 0.25) is 0 Å². The van der Waals surface area contributed by atoms with Crippen molar-refractivity contribution in [3.8, 4) is 11.3 Å². The number of fused-ring (bicyclic) bond motifs is 5. The molecule has 174 valence electrons. The van der Waals surface area contributed by atoms with E-state index < -0.39 is 17.5 Å². The van der Waals surface area contributed by atoms with E-state index in [0.29, 0.717) is 28.7 Å². The third-order valence-electron chi connectivity index (χ3n) is 7.03. The molecule has 0 spiro atoms. The first kappa shape index (κ1) is 20.9. The van der Waals surface area contributed by atoms with Crippen molar-refractivity contribution in [1.29, 1.82) is 0 Å². The summed E-state index contributed by atoms with van der Waals surface area (Å²) in [6.07, 6.45) is 6.25. The first-order valence-electron chi connectivity index (χ1n) is 11.1. The molecule has 5 heterocycles. The largest absolute Gasteiger partial charge is 0.327 e. The van der Waals surface area contributed by atoms with E-state index in [1.165, 1.54) is 0 Å². The van der Waals surface area contributed by atoms with Crippen molar-refractivity contribution < 1.29 is 18.0 Å². The Labute approximate surface area is 192 Å². The van der Waals surface area contributed by atoms with Gasteiger partial charge in [0.1, 0.15) is 0 Å². The van der Waals surface area contributed by atoms with E-state index in [1.54, 1.807) is 41.9 Å². The number of carbonyl (C=O) groups is 1. The van der Waals surface area contributed by atoms with Gasteiger partial charge in [0.15, 0.2) is 23.1 Å². The highest BCUT2D eigenvalue weighted by atomic mass is 19.2. The second-order valence-electron chi connectivity index (χ2n) is 8.97. The van der Waals surface area contributed by atoms with Gasteiger partial charge in [-0.05, 0) is 43.9 Å². The first-order chi connectivity index (χ1) is 16.3. The predicted octanol–water partition coefficient (Wildman–Crippen LogP) is 4.08. The topological polar surface area (TPSA) is 68.8 Å². The Balaban J connectivity index is 1.46. The highest BCUT2D eigenvalue weighted by Gasteiger charge is 2.44. The third kappa shape index (κ3) is 2.90. The summed E-state index contributed by atoms with van der Waals surface area (Å²) in [6.45, 7) is 0. The Morgan fingerprint density at radius 3 is 2.62 bits per heavy atom. The minimum atomic E-state index is -1.49. The normalized spacial score (nSPS) is 19.5. The monoisotopic (exact) mass is 466 g/mol. The average molecular weight is 466 g/mol. The van der Waals surface area contributed by atoms with Crippen LogP contribution in [0.5, 0.6) is 0 Å². The number of carbonyl (C=O) groups excluding carboxylic acids is 1. The summed E-state index contributed by atoms with van der Waals surface area (Å²) in [6, 6.07) is 3.37. The molecule has 0 unspecified atom stereocenters. The van der Waals surface area contributed by atoms with Gasteiger partial charge < -0.3 is 4.90 Å². The number of pyridine rings is 1. The van der Waals surface area contributed by atoms with E-state index in [2.05, 4.69) is 15.2 Å². The zero-order chi connectivity index (χ0) is 23.7. The van der Waals surface area contributed by atoms with E-state index in [-0.39, 0.29) is 23.6 Å². The molecule has 2 atom stereocenters. The van der Waals surface area contributed by atoms with Crippen LogP contribution in [-0.2, 0) is 20.5 Å². The summed E-state index contributed by atoms with van der Waals surface area (Å²) in [5, 5.41) is 9.61. The maximum atomic E-state index is 14.0. The number of nitrogens with zero attached hydrogens (tertiary/aromatic N) is 6. The lowest BCUT2D eigenvalue weighted by atomic mass is 9.81. The molecule has 2 aliphatic rings. The Kier molecular flexibility index (Phi) is 4.55. The fourth-order valence-electron chi connectivity index (χ4n) is 5.57. The maximum Gasteiger partial charge on any atom is 0.255 e. The Hall–Kier alpha value is -3.69. The molecule has 0 saturated carbocycles. The fraction of sp³-hybridized carbons (Fsp3) is 0.333. The standard InChI is InChI=1S/C24H21F3N6O/c1-31-22(12-8-17(25)20(27)18(26)9-12)15-10-13-4-3-5-19(21(15)30-31)33(13)24(34)14-6-7-28-23-16(14)11-29-32(23)2/h6-9,11,13,19H,3-5,10H2,1-2H3/t13-,19+/m1/s1. The summed E-state index contributed by atoms with van der Waals surface area (Å²) < 4.78 is 44.8. The van der Waals surface area contributed by atoms with Gasteiger partial charge in [0, 0.05) is 37.5 Å². The SMILES string of the molecule is Cn1nc2c(c1-c1cc(F)c(F)c(F)c1)C[C@H]1CCC[C@@H]2N1C(=O)c1ccnc2c1cnn2C. The lowest BCUT2D eigenvalue weighted by molar-refractivity contribution is 0.0394. The van der Waals surface area contributed by atoms with Crippen molar-refractivity contribution in [3.05, 3.63) is 64.9 Å². The van der Waals surface area contributed by atoms with Crippen molar-refractivity contribution in [2.45, 2.75) is 37.8 Å². The van der Waals surface area contributed by atoms with Gasteiger partial charge in [-0.1, -0.05) is 0 Å². The van der Waals surface area contributed by atoms with Crippen molar-refractivity contribution in [2.75, 3.05) is 0 Å². The van der Waals surface area contributed by atoms with Crippen LogP contribution in [0.2, 0.25) is 0 Å². The van der Waals surface area contributed by atoms with Crippen LogP contribution in [0.1, 0.15) is 46.9 Å². The molecule has 1 amide bonds. The predicted molar refractivity (Wildman–Crippen MR) is 117 cm³/mol. The zero-order valence-corrected chi connectivity index (χ0v) is 18.6. The lowest BCUT2D eigenvalue weighted by Crippen LogP contribution is -2.49. The van der Waals surface area contributed by atoms with Gasteiger partial charge in [0.25, 0.3) is 5.91 Å². The number of benzene rings is 1. The Morgan fingerprint density at radius 1 is 1.09 bits per heavy atom. The van der Waals surface area contributed by atoms with Gasteiger partial charge in [-0.3, -0.25) is 14.2 Å². The van der Waals surface area contributed by atoms with Crippen molar-refractivity contribution in [1.82, 2.24) is 29.4 Å². The first-order valence-corrected chi connectivity index (χ1v) is 11.1. The van der Waals surface area contributed by atoms with Crippen molar-refractivity contribution in [3.63, 3.8) is 0 Å². The van der Waals surface area contributed by atoms with Gasteiger partial charge >= 0.3 is 0 Å². The van der Waals surface area contributed by atoms with Crippen LogP contribution in [0.4, 0.5) is 13.2 Å². The molecular weight excluding hydrogens is 445 g/mol. The quantitative estimate of drug-likeness (QED) is 0.418. The Bertz CT molecular complexity index is 1450. The molecular formula is C24H21F3N6O. The molecule has 4 aromatic rings. The van der Waals surface area contributed by atoms with Gasteiger partial charge in [-0.25, -0.2) is 18.2 Å². The van der Waals surface area contributed by atoms with E-state index >= 15 is 0 Å². The smallest absolute Gasteiger partial charge is 0.255 e. The fourth-order valence-corrected chi connectivity index (χ4v) is 5.57. The van der Waals surface area contributed by atoms with Crippen LogP contribution < -0.4 is 0 Å². The average Bonchev–Trinajstić information content (AvgIpc) is 3.35. The van der Waals surface area contributed by atoms with Crippen LogP contribution in [-0.4, -0.2) is 41.4 Å². The zero-order valence-electron chi connectivity index (χ0n) is 18.6. The van der Waals surface area contributed by atoms with E-state index in [1.807, 2.05) is 4.90 Å². The summed E-state index contributed by atoms with van der Waals surface area (Å²) in [5.74, 6) is -4.08. The van der Waals surface area contributed by atoms with Crippen LogP contribution in [0.15, 0.2) is 30.6 Å². The number of halogens is 3. The number of rotatable bonds is 2. The minimum absolute atomic E-state index is 0.0864. The summed E-state index contributed by atoms with van der Waals surface area (Å²) in [5.41, 5.74) is 3.54. The number of hydrogen-bond acceptors (Lipinski definition) is 4. The molecule has 0 aliphatic carbocycles. The molecule has 2 bridgehead atoms. The number of hydrogen-bond donors (Lipinski definition) is 0. The van der Waals surface area contributed by atoms with Crippen LogP contribution in [0, 0.1) is 17.5 Å². The van der Waals surface area contributed by atoms with E-state index in [4.69, 9.17) is 0 Å². The molecule has 0 N–H and O–H groups in total. The second kappa shape index (κ2) is 7.41. The highest BCUT2D eigenvalue weighted by Crippen LogP contribution is 2.45. The number of aromatic nitrogens is 5. The van der Waals surface area contributed by atoms with Crippen LogP contribution in [0.3, 0.4) is 0 Å². The molecule has 10 heteroatoms. The summed E-state index contributed by atoms with van der Waals surface area (Å²) >= 11 is 0.